The number of rotatable bonds is 2. The summed E-state index contributed by atoms with van der Waals surface area (Å²) in [5.74, 6) is 2.73. The second-order valence-electron chi connectivity index (χ2n) is 5.96. The summed E-state index contributed by atoms with van der Waals surface area (Å²) in [5, 5.41) is 13.0. The average Bonchev–Trinajstić information content (AvgIpc) is 2.94. The van der Waals surface area contributed by atoms with Gasteiger partial charge in [0.2, 0.25) is 0 Å². The lowest BCUT2D eigenvalue weighted by Crippen LogP contribution is -2.47. The van der Waals surface area contributed by atoms with Crippen LogP contribution in [-0.2, 0) is 10.3 Å². The first-order valence-electron chi connectivity index (χ1n) is 7.10. The van der Waals surface area contributed by atoms with Gasteiger partial charge in [0.25, 0.3) is 0 Å². The minimum Gasteiger partial charge on any atom is -0.384 e. The largest absolute Gasteiger partial charge is 0.384 e. The molecule has 2 atom stereocenters. The Labute approximate surface area is 123 Å². The van der Waals surface area contributed by atoms with Crippen molar-refractivity contribution in [3.63, 3.8) is 0 Å². The Hall–Kier alpha value is -0.0300. The highest BCUT2D eigenvalue weighted by atomic mass is 32.2. The zero-order valence-electron chi connectivity index (χ0n) is 11.4. The molecule has 1 N–H and O–H groups in total. The molecule has 2 aliphatic heterocycles. The molecule has 106 valence electrons. The molecule has 0 amide bonds. The molecule has 0 aliphatic carbocycles. The van der Waals surface area contributed by atoms with Crippen molar-refractivity contribution in [2.24, 2.45) is 5.92 Å². The molecule has 3 heterocycles. The Morgan fingerprint density at radius 1 is 1.42 bits per heavy atom. The zero-order valence-corrected chi connectivity index (χ0v) is 13.1. The highest BCUT2D eigenvalue weighted by Gasteiger charge is 2.45. The van der Waals surface area contributed by atoms with E-state index in [1.807, 2.05) is 24.8 Å². The first kappa shape index (κ1) is 13.9. The smallest absolute Gasteiger partial charge is 0.0989 e. The monoisotopic (exact) mass is 298 g/mol. The molecule has 2 fully saturated rings. The molecular formula is C15H22O2S2. The standard InChI is InChI=1S/C15H22O2S2/c1-14(16,13-3-2-8-19-13)12-4-7-17-15(11-12)5-9-18-10-6-15/h2-3,8,12,16H,4-7,9-11H2,1H3. The summed E-state index contributed by atoms with van der Waals surface area (Å²) in [6.45, 7) is 2.79. The van der Waals surface area contributed by atoms with Crippen molar-refractivity contribution in [3.8, 4) is 0 Å². The van der Waals surface area contributed by atoms with E-state index in [1.165, 1.54) is 11.5 Å². The maximum absolute atomic E-state index is 11.0. The number of hydrogen-bond donors (Lipinski definition) is 1. The predicted molar refractivity (Wildman–Crippen MR) is 81.9 cm³/mol. The number of thiophene rings is 1. The third-order valence-corrected chi connectivity index (χ3v) is 6.79. The lowest BCUT2D eigenvalue weighted by Gasteiger charge is -2.47. The Kier molecular flexibility index (Phi) is 3.96. The van der Waals surface area contributed by atoms with E-state index in [1.54, 1.807) is 11.3 Å². The van der Waals surface area contributed by atoms with Gasteiger partial charge in [-0.25, -0.2) is 0 Å². The van der Waals surface area contributed by atoms with Crippen LogP contribution in [0.1, 0.15) is 37.5 Å². The molecule has 0 radical (unpaired) electrons. The van der Waals surface area contributed by atoms with Crippen LogP contribution in [0.3, 0.4) is 0 Å². The summed E-state index contributed by atoms with van der Waals surface area (Å²) in [7, 11) is 0. The fourth-order valence-corrected chi connectivity index (χ4v) is 5.47. The highest BCUT2D eigenvalue weighted by Crippen LogP contribution is 2.46. The molecule has 1 aromatic rings. The molecule has 2 nitrogen and oxygen atoms in total. The number of ether oxygens (including phenoxy) is 1. The first-order chi connectivity index (χ1) is 9.12. The van der Waals surface area contributed by atoms with Crippen molar-refractivity contribution < 1.29 is 9.84 Å². The number of thioether (sulfide) groups is 1. The van der Waals surface area contributed by atoms with Crippen LogP contribution in [0.4, 0.5) is 0 Å². The van der Waals surface area contributed by atoms with E-state index < -0.39 is 5.60 Å². The first-order valence-corrected chi connectivity index (χ1v) is 9.14. The quantitative estimate of drug-likeness (QED) is 0.904. The van der Waals surface area contributed by atoms with Gasteiger partial charge in [-0.1, -0.05) is 6.07 Å². The van der Waals surface area contributed by atoms with Crippen molar-refractivity contribution >= 4 is 23.1 Å². The van der Waals surface area contributed by atoms with Gasteiger partial charge in [0.15, 0.2) is 0 Å². The Morgan fingerprint density at radius 2 is 2.21 bits per heavy atom. The molecule has 19 heavy (non-hydrogen) atoms. The topological polar surface area (TPSA) is 29.5 Å². The molecule has 0 bridgehead atoms. The fourth-order valence-electron chi connectivity index (χ4n) is 3.37. The van der Waals surface area contributed by atoms with Gasteiger partial charge >= 0.3 is 0 Å². The van der Waals surface area contributed by atoms with Gasteiger partial charge in [0.1, 0.15) is 0 Å². The summed E-state index contributed by atoms with van der Waals surface area (Å²) >= 11 is 3.69. The van der Waals surface area contributed by atoms with E-state index in [0.717, 1.165) is 37.2 Å². The van der Waals surface area contributed by atoms with Gasteiger partial charge in [-0.2, -0.15) is 11.8 Å². The molecule has 4 heteroatoms. The minimum absolute atomic E-state index is 0.0510. The molecule has 1 spiro atoms. The van der Waals surface area contributed by atoms with Crippen LogP contribution in [0.15, 0.2) is 17.5 Å². The SMILES string of the molecule is CC(O)(c1cccs1)C1CCOC2(CCSCC2)C1. The average molecular weight is 298 g/mol. The lowest BCUT2D eigenvalue weighted by atomic mass is 9.74. The Bertz CT molecular complexity index is 402. The van der Waals surface area contributed by atoms with E-state index in [-0.39, 0.29) is 5.60 Å². The van der Waals surface area contributed by atoms with Crippen LogP contribution in [0.2, 0.25) is 0 Å². The summed E-state index contributed by atoms with van der Waals surface area (Å²) in [4.78, 5) is 1.10. The van der Waals surface area contributed by atoms with Crippen molar-refractivity contribution in [2.45, 2.75) is 43.8 Å². The van der Waals surface area contributed by atoms with E-state index in [2.05, 4.69) is 11.4 Å². The molecular weight excluding hydrogens is 276 g/mol. The fraction of sp³-hybridized carbons (Fsp3) is 0.733. The maximum Gasteiger partial charge on any atom is 0.0989 e. The van der Waals surface area contributed by atoms with Crippen LogP contribution in [-0.4, -0.2) is 28.8 Å². The van der Waals surface area contributed by atoms with Gasteiger partial charge in [-0.15, -0.1) is 11.3 Å². The van der Waals surface area contributed by atoms with Crippen LogP contribution in [0.5, 0.6) is 0 Å². The molecule has 2 saturated heterocycles. The van der Waals surface area contributed by atoms with Crippen LogP contribution < -0.4 is 0 Å². The third-order valence-electron chi connectivity index (χ3n) is 4.71. The zero-order chi connectivity index (χ0) is 13.3. The summed E-state index contributed by atoms with van der Waals surface area (Å²) in [6.07, 6.45) is 4.28. The minimum atomic E-state index is -0.699. The predicted octanol–water partition coefficient (Wildman–Crippen LogP) is 3.65. The normalized spacial score (nSPS) is 30.1. The van der Waals surface area contributed by atoms with Crippen molar-refractivity contribution in [3.05, 3.63) is 22.4 Å². The van der Waals surface area contributed by atoms with Crippen LogP contribution in [0, 0.1) is 5.92 Å². The maximum atomic E-state index is 11.0. The number of hydrogen-bond acceptors (Lipinski definition) is 4. The van der Waals surface area contributed by atoms with Crippen molar-refractivity contribution in [1.82, 2.24) is 0 Å². The molecule has 2 unspecified atom stereocenters. The van der Waals surface area contributed by atoms with E-state index in [9.17, 15) is 5.11 Å². The van der Waals surface area contributed by atoms with Gasteiger partial charge in [0.05, 0.1) is 11.2 Å². The van der Waals surface area contributed by atoms with E-state index >= 15 is 0 Å². The number of aliphatic hydroxyl groups is 1. The second kappa shape index (κ2) is 5.40. The third kappa shape index (κ3) is 2.73. The van der Waals surface area contributed by atoms with Crippen molar-refractivity contribution in [1.29, 1.82) is 0 Å². The van der Waals surface area contributed by atoms with Gasteiger partial charge in [0, 0.05) is 11.5 Å². The van der Waals surface area contributed by atoms with E-state index in [4.69, 9.17) is 4.74 Å². The molecule has 3 rings (SSSR count). The molecule has 1 aromatic heterocycles. The Balaban J connectivity index is 1.77. The van der Waals surface area contributed by atoms with Gasteiger partial charge in [-0.05, 0) is 61.5 Å². The summed E-state index contributed by atoms with van der Waals surface area (Å²) in [5.41, 5.74) is -0.648. The molecule has 2 aliphatic rings. The van der Waals surface area contributed by atoms with Crippen LogP contribution >= 0.6 is 23.1 Å². The molecule has 0 saturated carbocycles. The van der Waals surface area contributed by atoms with Gasteiger partial charge < -0.3 is 9.84 Å². The lowest BCUT2D eigenvalue weighted by molar-refractivity contribution is -0.143. The Morgan fingerprint density at radius 3 is 2.89 bits per heavy atom. The molecule has 0 aromatic carbocycles. The highest BCUT2D eigenvalue weighted by molar-refractivity contribution is 7.99. The summed E-state index contributed by atoms with van der Waals surface area (Å²) in [6, 6.07) is 4.09. The second-order valence-corrected chi connectivity index (χ2v) is 8.13. The summed E-state index contributed by atoms with van der Waals surface area (Å²) < 4.78 is 6.13. The van der Waals surface area contributed by atoms with Crippen molar-refractivity contribution in [2.75, 3.05) is 18.1 Å². The van der Waals surface area contributed by atoms with E-state index in [0.29, 0.717) is 5.92 Å². The van der Waals surface area contributed by atoms with Crippen LogP contribution in [0.25, 0.3) is 0 Å². The van der Waals surface area contributed by atoms with Gasteiger partial charge in [-0.3, -0.25) is 0 Å².